The molecule has 22 heavy (non-hydrogen) atoms. The van der Waals surface area contributed by atoms with Crippen molar-refractivity contribution in [1.82, 2.24) is 20.0 Å². The van der Waals surface area contributed by atoms with Gasteiger partial charge in [0.2, 0.25) is 5.89 Å². The number of methoxy groups -OCH3 is 1. The van der Waals surface area contributed by atoms with E-state index in [0.717, 1.165) is 10.7 Å². The van der Waals surface area contributed by atoms with Crippen LogP contribution >= 0.6 is 11.3 Å². The largest absolute Gasteiger partial charge is 0.380 e. The number of amides is 1. The molecular formula is C14H18N4O3S. The second-order valence-electron chi connectivity index (χ2n) is 5.39. The first-order valence-corrected chi connectivity index (χ1v) is 7.89. The van der Waals surface area contributed by atoms with E-state index < -0.39 is 0 Å². The molecule has 2 aromatic heterocycles. The highest BCUT2D eigenvalue weighted by molar-refractivity contribution is 7.13. The summed E-state index contributed by atoms with van der Waals surface area (Å²) in [7, 11) is 1.65. The van der Waals surface area contributed by atoms with Crippen molar-refractivity contribution in [3.05, 3.63) is 27.3 Å². The maximum absolute atomic E-state index is 12.9. The number of likely N-dealkylation sites (tertiary alicyclic amines) is 1. The number of aryl methyl sites for hydroxylation is 3. The van der Waals surface area contributed by atoms with Crippen LogP contribution < -0.4 is 0 Å². The minimum absolute atomic E-state index is 0.0320. The third-order valence-corrected chi connectivity index (χ3v) is 4.84. The fourth-order valence-corrected chi connectivity index (χ4v) is 3.61. The molecule has 8 heteroatoms. The van der Waals surface area contributed by atoms with Gasteiger partial charge in [-0.3, -0.25) is 4.79 Å². The van der Waals surface area contributed by atoms with Crippen molar-refractivity contribution in [2.45, 2.75) is 39.3 Å². The Hall–Kier alpha value is -1.80. The summed E-state index contributed by atoms with van der Waals surface area (Å²) in [6.45, 7) is 6.03. The number of ether oxygens (including phenoxy) is 1. The molecule has 1 saturated heterocycles. The molecule has 0 aliphatic carbocycles. The van der Waals surface area contributed by atoms with Gasteiger partial charge in [-0.25, -0.2) is 4.98 Å². The van der Waals surface area contributed by atoms with Crippen molar-refractivity contribution in [3.63, 3.8) is 0 Å². The zero-order valence-electron chi connectivity index (χ0n) is 13.0. The van der Waals surface area contributed by atoms with Crippen LogP contribution in [0.15, 0.2) is 4.52 Å². The third kappa shape index (κ3) is 2.64. The van der Waals surface area contributed by atoms with Crippen molar-refractivity contribution in [1.29, 1.82) is 0 Å². The van der Waals surface area contributed by atoms with Crippen LogP contribution in [0.5, 0.6) is 0 Å². The fourth-order valence-electron chi connectivity index (χ4n) is 2.74. The van der Waals surface area contributed by atoms with Gasteiger partial charge >= 0.3 is 0 Å². The van der Waals surface area contributed by atoms with E-state index >= 15 is 0 Å². The Balaban J connectivity index is 1.92. The predicted molar refractivity (Wildman–Crippen MR) is 79.8 cm³/mol. The summed E-state index contributed by atoms with van der Waals surface area (Å²) < 4.78 is 10.7. The fraction of sp³-hybridized carbons (Fsp3) is 0.571. The second kappa shape index (κ2) is 5.77. The Morgan fingerprint density at radius 2 is 2.14 bits per heavy atom. The minimum atomic E-state index is -0.250. The number of thiazole rings is 1. The van der Waals surface area contributed by atoms with Crippen molar-refractivity contribution >= 4 is 17.2 Å². The molecule has 1 aliphatic rings. The highest BCUT2D eigenvalue weighted by atomic mass is 32.1. The number of hydrogen-bond donors (Lipinski definition) is 0. The molecule has 1 aliphatic heterocycles. The molecule has 3 heterocycles. The van der Waals surface area contributed by atoms with Crippen molar-refractivity contribution < 1.29 is 14.1 Å². The molecular weight excluding hydrogens is 304 g/mol. The van der Waals surface area contributed by atoms with Gasteiger partial charge < -0.3 is 14.2 Å². The number of hydrogen-bond acceptors (Lipinski definition) is 7. The van der Waals surface area contributed by atoms with Crippen LogP contribution in [0.4, 0.5) is 0 Å². The van der Waals surface area contributed by atoms with Crippen LogP contribution in [0.1, 0.15) is 44.6 Å². The average molecular weight is 322 g/mol. The summed E-state index contributed by atoms with van der Waals surface area (Å²) in [6.07, 6.45) is 0.622. The number of carbonyl (C=O) groups is 1. The first kappa shape index (κ1) is 15.1. The second-order valence-corrected chi connectivity index (χ2v) is 6.60. The van der Waals surface area contributed by atoms with Gasteiger partial charge in [0.25, 0.3) is 5.91 Å². The molecule has 0 N–H and O–H groups in total. The van der Waals surface area contributed by atoms with E-state index in [9.17, 15) is 4.79 Å². The van der Waals surface area contributed by atoms with Crippen molar-refractivity contribution in [2.75, 3.05) is 13.7 Å². The standard InChI is InChI=1S/C14H18N4O3S/c1-7-12(22-9(3)15-7)14(19)18-6-10(20-4)5-11(18)13-16-8(2)17-21-13/h10-11H,5-6H2,1-4H3/t10-,11+/m0/s1. The van der Waals surface area contributed by atoms with E-state index in [1.54, 1.807) is 18.9 Å². The maximum Gasteiger partial charge on any atom is 0.266 e. The van der Waals surface area contributed by atoms with E-state index in [0.29, 0.717) is 29.6 Å². The molecule has 2 atom stereocenters. The summed E-state index contributed by atoms with van der Waals surface area (Å²) >= 11 is 1.41. The van der Waals surface area contributed by atoms with Gasteiger partial charge in [0.15, 0.2) is 5.82 Å². The predicted octanol–water partition coefficient (Wildman–Crippen LogP) is 2.05. The molecule has 3 rings (SSSR count). The molecule has 0 saturated carbocycles. The maximum atomic E-state index is 12.9. The Labute approximate surface area is 132 Å². The lowest BCUT2D eigenvalue weighted by Gasteiger charge is -2.21. The normalized spacial score (nSPS) is 21.5. The number of nitrogens with zero attached hydrogens (tertiary/aromatic N) is 4. The molecule has 0 radical (unpaired) electrons. The van der Waals surface area contributed by atoms with Gasteiger partial charge in [0.05, 0.1) is 16.8 Å². The zero-order chi connectivity index (χ0) is 15.9. The topological polar surface area (TPSA) is 81.4 Å². The molecule has 1 fully saturated rings. The Kier molecular flexibility index (Phi) is 3.96. The smallest absolute Gasteiger partial charge is 0.266 e. The van der Waals surface area contributed by atoms with Gasteiger partial charge in [-0.05, 0) is 20.8 Å². The number of aromatic nitrogens is 3. The Morgan fingerprint density at radius 3 is 2.68 bits per heavy atom. The molecule has 118 valence electrons. The third-order valence-electron chi connectivity index (χ3n) is 3.78. The minimum Gasteiger partial charge on any atom is -0.380 e. The molecule has 0 aromatic carbocycles. The molecule has 7 nitrogen and oxygen atoms in total. The lowest BCUT2D eigenvalue weighted by atomic mass is 10.2. The zero-order valence-corrected chi connectivity index (χ0v) is 13.8. The SMILES string of the molecule is CO[C@H]1C[C@H](c2nc(C)no2)N(C(=O)c2sc(C)nc2C)C1. The Morgan fingerprint density at radius 1 is 1.36 bits per heavy atom. The van der Waals surface area contributed by atoms with E-state index in [1.807, 2.05) is 13.8 Å². The molecule has 2 aromatic rings. The van der Waals surface area contributed by atoms with Gasteiger partial charge in [-0.1, -0.05) is 5.16 Å². The lowest BCUT2D eigenvalue weighted by molar-refractivity contribution is 0.0674. The average Bonchev–Trinajstić information content (AvgIpc) is 3.16. The van der Waals surface area contributed by atoms with Gasteiger partial charge in [-0.15, -0.1) is 11.3 Å². The van der Waals surface area contributed by atoms with Crippen LogP contribution in [-0.4, -0.2) is 45.7 Å². The Bertz CT molecular complexity index is 696. The summed E-state index contributed by atoms with van der Waals surface area (Å²) in [5.74, 6) is 0.973. The molecule has 0 unspecified atom stereocenters. The van der Waals surface area contributed by atoms with E-state index in [2.05, 4.69) is 15.1 Å². The van der Waals surface area contributed by atoms with Crippen LogP contribution in [-0.2, 0) is 4.74 Å². The van der Waals surface area contributed by atoms with Crippen LogP contribution in [0.3, 0.4) is 0 Å². The van der Waals surface area contributed by atoms with Crippen LogP contribution in [0.25, 0.3) is 0 Å². The summed E-state index contributed by atoms with van der Waals surface area (Å²) in [6, 6.07) is -0.250. The van der Waals surface area contributed by atoms with Gasteiger partial charge in [0, 0.05) is 20.1 Å². The van der Waals surface area contributed by atoms with E-state index in [1.165, 1.54) is 11.3 Å². The first-order chi connectivity index (χ1) is 10.5. The summed E-state index contributed by atoms with van der Waals surface area (Å²) in [4.78, 5) is 23.9. The number of rotatable bonds is 3. The van der Waals surface area contributed by atoms with E-state index in [4.69, 9.17) is 9.26 Å². The van der Waals surface area contributed by atoms with E-state index in [-0.39, 0.29) is 18.1 Å². The lowest BCUT2D eigenvalue weighted by Crippen LogP contribution is -2.32. The summed E-state index contributed by atoms with van der Waals surface area (Å²) in [5.41, 5.74) is 0.758. The highest BCUT2D eigenvalue weighted by Crippen LogP contribution is 2.35. The van der Waals surface area contributed by atoms with Crippen molar-refractivity contribution in [3.8, 4) is 0 Å². The highest BCUT2D eigenvalue weighted by Gasteiger charge is 2.40. The molecule has 0 bridgehead atoms. The molecule has 0 spiro atoms. The monoisotopic (exact) mass is 322 g/mol. The van der Waals surface area contributed by atoms with Gasteiger partial charge in [0.1, 0.15) is 10.9 Å². The summed E-state index contributed by atoms with van der Waals surface area (Å²) in [5, 5.41) is 4.71. The van der Waals surface area contributed by atoms with Crippen LogP contribution in [0.2, 0.25) is 0 Å². The van der Waals surface area contributed by atoms with Gasteiger partial charge in [-0.2, -0.15) is 4.98 Å². The quantitative estimate of drug-likeness (QED) is 0.860. The molecule has 1 amide bonds. The first-order valence-electron chi connectivity index (χ1n) is 7.07. The van der Waals surface area contributed by atoms with Crippen molar-refractivity contribution in [2.24, 2.45) is 0 Å². The number of carbonyl (C=O) groups excluding carboxylic acids is 1. The van der Waals surface area contributed by atoms with Crippen LogP contribution in [0, 0.1) is 20.8 Å².